The van der Waals surface area contributed by atoms with E-state index in [1.54, 1.807) is 6.20 Å². The molecule has 0 fully saturated rings. The minimum atomic E-state index is 0.691. The Balaban J connectivity index is 0.878. The Morgan fingerprint density at radius 3 is 1.75 bits per heavy atom. The minimum Gasteiger partial charge on any atom is -0.456 e. The van der Waals surface area contributed by atoms with Crippen molar-refractivity contribution in [2.45, 2.75) is 0 Å². The molecule has 6 heteroatoms. The summed E-state index contributed by atoms with van der Waals surface area (Å²) in [5.74, 6) is 1.52. The average molecular weight is 856 g/mol. The summed E-state index contributed by atoms with van der Waals surface area (Å²) in [4.78, 5) is 14.7. The predicted molar refractivity (Wildman–Crippen MR) is 275 cm³/mol. The van der Waals surface area contributed by atoms with Crippen LogP contribution in [0.25, 0.3) is 133 Å². The number of fused-ring (bicyclic) bond motifs is 10. The summed E-state index contributed by atoms with van der Waals surface area (Å²) in [5, 5.41) is 9.23. The molecule has 67 heavy (non-hydrogen) atoms. The second-order valence-corrected chi connectivity index (χ2v) is 17.3. The first-order valence-electron chi connectivity index (χ1n) is 22.6. The second-order valence-electron chi connectivity index (χ2n) is 17.3. The van der Waals surface area contributed by atoms with Crippen molar-refractivity contribution in [1.29, 1.82) is 0 Å². The van der Waals surface area contributed by atoms with Crippen molar-refractivity contribution in [3.05, 3.63) is 225 Å². The van der Waals surface area contributed by atoms with Crippen molar-refractivity contribution in [3.8, 4) is 56.4 Å². The number of pyridine rings is 1. The van der Waals surface area contributed by atoms with E-state index in [2.05, 4.69) is 196 Å². The summed E-state index contributed by atoms with van der Waals surface area (Å²) in [6.07, 6.45) is 3.67. The van der Waals surface area contributed by atoms with Gasteiger partial charge >= 0.3 is 0 Å². The summed E-state index contributed by atoms with van der Waals surface area (Å²) >= 11 is 0. The van der Waals surface area contributed by atoms with Crippen molar-refractivity contribution in [2.75, 3.05) is 0 Å². The Hall–Kier alpha value is -9.13. The van der Waals surface area contributed by atoms with Crippen LogP contribution in [-0.4, -0.2) is 24.1 Å². The van der Waals surface area contributed by atoms with Crippen LogP contribution in [0.3, 0.4) is 0 Å². The molecule has 0 saturated carbocycles. The molecule has 5 heterocycles. The quantitative estimate of drug-likeness (QED) is 0.167. The lowest BCUT2D eigenvalue weighted by Crippen LogP contribution is -2.02. The third kappa shape index (κ3) is 6.00. The smallest absolute Gasteiger partial charge is 0.162 e. The highest BCUT2D eigenvalue weighted by atomic mass is 16.3. The molecule has 6 nitrogen and oxygen atoms in total. The van der Waals surface area contributed by atoms with E-state index in [4.69, 9.17) is 14.4 Å². The van der Waals surface area contributed by atoms with Crippen molar-refractivity contribution in [1.82, 2.24) is 24.1 Å². The monoisotopic (exact) mass is 855 g/mol. The molecule has 14 aromatic rings. The fourth-order valence-corrected chi connectivity index (χ4v) is 10.2. The topological polar surface area (TPSA) is 61.7 Å². The molecule has 0 aliphatic rings. The third-order valence-corrected chi connectivity index (χ3v) is 13.4. The second kappa shape index (κ2) is 14.7. The number of hydrogen-bond acceptors (Lipinski definition) is 4. The number of nitrogens with zero attached hydrogens (tertiary/aromatic N) is 5. The molecular weight excluding hydrogens is 819 g/mol. The SMILES string of the molecule is c1ccc(-c2cc(-n3c4ccccc4c4cc(-c5ccc6ccc(-c7ccc8c9ccccc9n(-c9ccc%10oc%11ccncc%11c%10c9)c8c7)cc6c5)ccc43)nc(-c3ccccc3)n2)cc1. The van der Waals surface area contributed by atoms with Crippen LogP contribution in [-0.2, 0) is 0 Å². The van der Waals surface area contributed by atoms with Crippen LogP contribution in [0.5, 0.6) is 0 Å². The van der Waals surface area contributed by atoms with Gasteiger partial charge in [0.15, 0.2) is 5.82 Å². The van der Waals surface area contributed by atoms with Crippen molar-refractivity contribution in [2.24, 2.45) is 0 Å². The van der Waals surface area contributed by atoms with Crippen molar-refractivity contribution >= 4 is 76.3 Å². The Kier molecular flexibility index (Phi) is 8.18. The average Bonchev–Trinajstić information content (AvgIpc) is 4.05. The van der Waals surface area contributed by atoms with Crippen molar-refractivity contribution in [3.63, 3.8) is 0 Å². The summed E-state index contributed by atoms with van der Waals surface area (Å²) < 4.78 is 10.8. The largest absolute Gasteiger partial charge is 0.456 e. The molecule has 0 saturated heterocycles. The molecule has 0 amide bonds. The number of benzene rings is 9. The zero-order valence-corrected chi connectivity index (χ0v) is 36.0. The molecule has 0 N–H and O–H groups in total. The summed E-state index contributed by atoms with van der Waals surface area (Å²) in [5.41, 5.74) is 14.8. The molecule has 0 aliphatic heterocycles. The first-order chi connectivity index (χ1) is 33.2. The fraction of sp³-hybridized carbons (Fsp3) is 0. The molecule has 0 unspecified atom stereocenters. The zero-order chi connectivity index (χ0) is 44.0. The number of para-hydroxylation sites is 2. The lowest BCUT2D eigenvalue weighted by Gasteiger charge is -2.12. The van der Waals surface area contributed by atoms with E-state index in [-0.39, 0.29) is 0 Å². The van der Waals surface area contributed by atoms with Gasteiger partial charge in [0.25, 0.3) is 0 Å². The van der Waals surface area contributed by atoms with Gasteiger partial charge < -0.3 is 8.98 Å². The predicted octanol–water partition coefficient (Wildman–Crippen LogP) is 15.8. The summed E-state index contributed by atoms with van der Waals surface area (Å²) in [6, 6.07) is 75.7. The molecule has 0 radical (unpaired) electrons. The van der Waals surface area contributed by atoms with E-state index in [1.807, 2.05) is 36.5 Å². The number of rotatable bonds is 6. The molecule has 0 atom stereocenters. The van der Waals surface area contributed by atoms with E-state index in [9.17, 15) is 0 Å². The Morgan fingerprint density at radius 2 is 0.955 bits per heavy atom. The number of furan rings is 1. The van der Waals surface area contributed by atoms with E-state index >= 15 is 0 Å². The zero-order valence-electron chi connectivity index (χ0n) is 36.0. The normalized spacial score (nSPS) is 11.9. The van der Waals surface area contributed by atoms with Crippen LogP contribution in [0.1, 0.15) is 0 Å². The summed E-state index contributed by atoms with van der Waals surface area (Å²) in [7, 11) is 0. The van der Waals surface area contributed by atoms with Gasteiger partial charge in [-0.1, -0.05) is 140 Å². The Bertz CT molecular complexity index is 4220. The van der Waals surface area contributed by atoms with Crippen LogP contribution in [0.2, 0.25) is 0 Å². The van der Waals surface area contributed by atoms with Gasteiger partial charge in [-0.2, -0.15) is 0 Å². The van der Waals surface area contributed by atoms with Crippen LogP contribution >= 0.6 is 0 Å². The van der Waals surface area contributed by atoms with Gasteiger partial charge in [-0.05, 0) is 99.8 Å². The van der Waals surface area contributed by atoms with Crippen LogP contribution in [0, 0.1) is 0 Å². The maximum absolute atomic E-state index is 6.18. The molecule has 0 aliphatic carbocycles. The lowest BCUT2D eigenvalue weighted by atomic mass is 9.96. The first kappa shape index (κ1) is 37.3. The Labute approximate surface area is 384 Å². The molecule has 9 aromatic carbocycles. The van der Waals surface area contributed by atoms with Gasteiger partial charge in [0.2, 0.25) is 0 Å². The van der Waals surface area contributed by atoms with Gasteiger partial charge in [0.05, 0.1) is 27.8 Å². The van der Waals surface area contributed by atoms with Gasteiger partial charge in [-0.15, -0.1) is 0 Å². The standard InChI is InChI=1S/C61H37N5O/c1-3-11-39(12-4-1)53-36-60(64-61(63-53)40-13-5-2-6-14-40)66-55-18-10-8-16-48(55)50-33-43(24-27-56(50)66)41-21-19-38-20-22-42(32-45(38)31-41)44-23-26-49-47-15-7-9-17-54(47)65(57(49)34-44)46-25-28-58-51(35-46)52-37-62-30-29-59(52)67-58/h1-37H. The van der Waals surface area contributed by atoms with Crippen LogP contribution in [0.15, 0.2) is 229 Å². The van der Waals surface area contributed by atoms with E-state index in [1.165, 1.54) is 37.9 Å². The molecule has 0 spiro atoms. The molecule has 14 rings (SSSR count). The molecule has 312 valence electrons. The van der Waals surface area contributed by atoms with Crippen molar-refractivity contribution < 1.29 is 4.42 Å². The molecule has 0 bridgehead atoms. The molecule has 5 aromatic heterocycles. The maximum atomic E-state index is 6.18. The van der Waals surface area contributed by atoms with Gasteiger partial charge in [0.1, 0.15) is 17.0 Å². The van der Waals surface area contributed by atoms with Gasteiger partial charge in [0, 0.05) is 67.6 Å². The molecular formula is C61H37N5O. The highest BCUT2D eigenvalue weighted by molar-refractivity contribution is 6.12. The first-order valence-corrected chi connectivity index (χ1v) is 22.6. The fourth-order valence-electron chi connectivity index (χ4n) is 10.2. The van der Waals surface area contributed by atoms with E-state index in [0.717, 1.165) is 89.0 Å². The third-order valence-electron chi connectivity index (χ3n) is 13.4. The highest BCUT2D eigenvalue weighted by Gasteiger charge is 2.19. The maximum Gasteiger partial charge on any atom is 0.162 e. The Morgan fingerprint density at radius 1 is 0.343 bits per heavy atom. The number of hydrogen-bond donors (Lipinski definition) is 0. The minimum absolute atomic E-state index is 0.691. The highest BCUT2D eigenvalue weighted by Crippen LogP contribution is 2.40. The van der Waals surface area contributed by atoms with Crippen LogP contribution in [0.4, 0.5) is 0 Å². The van der Waals surface area contributed by atoms with E-state index in [0.29, 0.717) is 5.82 Å². The lowest BCUT2D eigenvalue weighted by molar-refractivity contribution is 0.668. The number of aromatic nitrogens is 5. The van der Waals surface area contributed by atoms with Gasteiger partial charge in [-0.25, -0.2) is 9.97 Å². The summed E-state index contributed by atoms with van der Waals surface area (Å²) in [6.45, 7) is 0. The van der Waals surface area contributed by atoms with E-state index < -0.39 is 0 Å². The van der Waals surface area contributed by atoms with Gasteiger partial charge in [-0.3, -0.25) is 9.55 Å². The van der Waals surface area contributed by atoms with Crippen LogP contribution < -0.4 is 0 Å².